The molecule has 0 radical (unpaired) electrons. The molecule has 0 atom stereocenters. The SMILES string of the molecule is Cn1ncc2cc(NC3CCC(C(C)(C)C)CC3)ccc21. The molecule has 1 N–H and O–H groups in total. The van der Waals surface area contributed by atoms with E-state index in [9.17, 15) is 0 Å². The lowest BCUT2D eigenvalue weighted by molar-refractivity contribution is 0.173. The van der Waals surface area contributed by atoms with E-state index in [0.29, 0.717) is 11.5 Å². The Hall–Kier alpha value is -1.51. The van der Waals surface area contributed by atoms with Gasteiger partial charge in [-0.05, 0) is 55.2 Å². The van der Waals surface area contributed by atoms with Crippen LogP contribution in [0.4, 0.5) is 5.69 Å². The van der Waals surface area contributed by atoms with Crippen LogP contribution in [0.1, 0.15) is 46.5 Å². The van der Waals surface area contributed by atoms with E-state index in [2.05, 4.69) is 49.4 Å². The van der Waals surface area contributed by atoms with Crippen LogP contribution in [-0.2, 0) is 7.05 Å². The summed E-state index contributed by atoms with van der Waals surface area (Å²) in [6, 6.07) is 7.18. The number of hydrogen-bond acceptors (Lipinski definition) is 2. The number of fused-ring (bicyclic) bond motifs is 1. The van der Waals surface area contributed by atoms with Gasteiger partial charge in [-0.25, -0.2) is 0 Å². The molecule has 0 unspecified atom stereocenters. The van der Waals surface area contributed by atoms with Crippen LogP contribution in [0.15, 0.2) is 24.4 Å². The highest BCUT2D eigenvalue weighted by Crippen LogP contribution is 2.38. The van der Waals surface area contributed by atoms with Crippen molar-refractivity contribution < 1.29 is 0 Å². The Bertz CT molecular complexity index is 613. The Labute approximate surface area is 127 Å². The largest absolute Gasteiger partial charge is 0.382 e. The summed E-state index contributed by atoms with van der Waals surface area (Å²) in [5.41, 5.74) is 2.88. The quantitative estimate of drug-likeness (QED) is 0.874. The third kappa shape index (κ3) is 3.07. The van der Waals surface area contributed by atoms with Gasteiger partial charge in [0.15, 0.2) is 0 Å². The molecule has 1 aliphatic carbocycles. The van der Waals surface area contributed by atoms with E-state index >= 15 is 0 Å². The van der Waals surface area contributed by atoms with Crippen molar-refractivity contribution in [2.45, 2.75) is 52.5 Å². The molecule has 21 heavy (non-hydrogen) atoms. The van der Waals surface area contributed by atoms with Gasteiger partial charge in [0.05, 0.1) is 11.7 Å². The van der Waals surface area contributed by atoms with Crippen LogP contribution in [-0.4, -0.2) is 15.8 Å². The molecule has 0 aliphatic heterocycles. The van der Waals surface area contributed by atoms with Crippen molar-refractivity contribution in [2.24, 2.45) is 18.4 Å². The number of benzene rings is 1. The highest BCUT2D eigenvalue weighted by molar-refractivity contribution is 5.82. The Morgan fingerprint density at radius 1 is 1.14 bits per heavy atom. The number of nitrogens with one attached hydrogen (secondary N) is 1. The molecule has 2 aromatic rings. The molecular weight excluding hydrogens is 258 g/mol. The minimum absolute atomic E-state index is 0.458. The summed E-state index contributed by atoms with van der Waals surface area (Å²) in [6.45, 7) is 7.13. The zero-order valence-electron chi connectivity index (χ0n) is 13.7. The predicted molar refractivity (Wildman–Crippen MR) is 89.5 cm³/mol. The molecule has 114 valence electrons. The van der Waals surface area contributed by atoms with Gasteiger partial charge >= 0.3 is 0 Å². The highest BCUT2D eigenvalue weighted by Gasteiger charge is 2.29. The van der Waals surface area contributed by atoms with Gasteiger partial charge in [-0.1, -0.05) is 20.8 Å². The van der Waals surface area contributed by atoms with Crippen molar-refractivity contribution in [1.29, 1.82) is 0 Å². The van der Waals surface area contributed by atoms with E-state index in [0.717, 1.165) is 5.92 Å². The molecule has 0 bridgehead atoms. The summed E-state index contributed by atoms with van der Waals surface area (Å²) < 4.78 is 1.92. The Morgan fingerprint density at radius 3 is 2.52 bits per heavy atom. The van der Waals surface area contributed by atoms with Gasteiger partial charge < -0.3 is 5.32 Å². The van der Waals surface area contributed by atoms with Gasteiger partial charge in [-0.15, -0.1) is 0 Å². The number of hydrogen-bond donors (Lipinski definition) is 1. The lowest BCUT2D eigenvalue weighted by atomic mass is 9.71. The van der Waals surface area contributed by atoms with Crippen LogP contribution < -0.4 is 5.32 Å². The second kappa shape index (κ2) is 5.36. The number of aryl methyl sites for hydroxylation is 1. The van der Waals surface area contributed by atoms with E-state index in [1.165, 1.54) is 42.3 Å². The second-order valence-corrected chi connectivity index (χ2v) is 7.60. The van der Waals surface area contributed by atoms with Gasteiger partial charge in [0.2, 0.25) is 0 Å². The Morgan fingerprint density at radius 2 is 1.86 bits per heavy atom. The van der Waals surface area contributed by atoms with Crippen molar-refractivity contribution >= 4 is 16.6 Å². The monoisotopic (exact) mass is 285 g/mol. The summed E-state index contributed by atoms with van der Waals surface area (Å²) in [6.07, 6.45) is 7.20. The zero-order chi connectivity index (χ0) is 15.0. The number of nitrogens with zero attached hydrogens (tertiary/aromatic N) is 2. The van der Waals surface area contributed by atoms with Crippen molar-refractivity contribution in [2.75, 3.05) is 5.32 Å². The van der Waals surface area contributed by atoms with Crippen molar-refractivity contribution in [3.05, 3.63) is 24.4 Å². The maximum atomic E-state index is 4.31. The maximum Gasteiger partial charge on any atom is 0.0680 e. The number of anilines is 1. The van der Waals surface area contributed by atoms with Crippen molar-refractivity contribution in [3.8, 4) is 0 Å². The third-order valence-electron chi connectivity index (χ3n) is 5.07. The smallest absolute Gasteiger partial charge is 0.0680 e. The van der Waals surface area contributed by atoms with Crippen LogP contribution >= 0.6 is 0 Å². The highest BCUT2D eigenvalue weighted by atomic mass is 15.2. The first kappa shape index (κ1) is 14.4. The lowest BCUT2D eigenvalue weighted by Crippen LogP contribution is -2.31. The number of rotatable bonds is 2. The molecule has 0 amide bonds. The van der Waals surface area contributed by atoms with Gasteiger partial charge in [-0.3, -0.25) is 4.68 Å². The van der Waals surface area contributed by atoms with E-state index in [1.807, 2.05) is 17.9 Å². The molecule has 3 heteroatoms. The summed E-state index contributed by atoms with van der Waals surface area (Å²) in [7, 11) is 1.99. The van der Waals surface area contributed by atoms with Crippen LogP contribution in [0.2, 0.25) is 0 Å². The van der Waals surface area contributed by atoms with Crippen molar-refractivity contribution in [1.82, 2.24) is 9.78 Å². The van der Waals surface area contributed by atoms with Crippen LogP contribution in [0.25, 0.3) is 10.9 Å². The fourth-order valence-corrected chi connectivity index (χ4v) is 3.59. The lowest BCUT2D eigenvalue weighted by Gasteiger charge is -2.37. The summed E-state index contributed by atoms with van der Waals surface area (Å²) in [4.78, 5) is 0. The van der Waals surface area contributed by atoms with E-state index < -0.39 is 0 Å². The van der Waals surface area contributed by atoms with Gasteiger partial charge in [0, 0.05) is 24.2 Å². The standard InChI is InChI=1S/C18H27N3/c1-18(2,3)14-5-7-15(8-6-14)20-16-9-10-17-13(11-16)12-19-21(17)4/h9-12,14-15,20H,5-8H2,1-4H3. The first-order valence-corrected chi connectivity index (χ1v) is 8.12. The molecule has 3 rings (SSSR count). The summed E-state index contributed by atoms with van der Waals surface area (Å²) in [5.74, 6) is 0.872. The second-order valence-electron chi connectivity index (χ2n) is 7.60. The normalized spacial score (nSPS) is 23.4. The minimum atomic E-state index is 0.458. The van der Waals surface area contributed by atoms with E-state index in [1.54, 1.807) is 0 Å². The average molecular weight is 285 g/mol. The Balaban J connectivity index is 1.64. The molecule has 0 saturated heterocycles. The van der Waals surface area contributed by atoms with E-state index in [-0.39, 0.29) is 0 Å². The molecule has 1 aromatic heterocycles. The minimum Gasteiger partial charge on any atom is -0.382 e. The molecule has 3 nitrogen and oxygen atoms in total. The molecule has 0 spiro atoms. The third-order valence-corrected chi connectivity index (χ3v) is 5.07. The van der Waals surface area contributed by atoms with Gasteiger partial charge in [0.1, 0.15) is 0 Å². The maximum absolute atomic E-state index is 4.31. The predicted octanol–water partition coefficient (Wildman–Crippen LogP) is 4.59. The fraction of sp³-hybridized carbons (Fsp3) is 0.611. The molecule has 1 saturated carbocycles. The summed E-state index contributed by atoms with van der Waals surface area (Å²) in [5, 5.41) is 9.24. The van der Waals surface area contributed by atoms with Crippen LogP contribution in [0, 0.1) is 11.3 Å². The molecule has 1 fully saturated rings. The number of aromatic nitrogens is 2. The topological polar surface area (TPSA) is 29.9 Å². The molecule has 1 aliphatic rings. The van der Waals surface area contributed by atoms with Crippen LogP contribution in [0.5, 0.6) is 0 Å². The zero-order valence-corrected chi connectivity index (χ0v) is 13.7. The Kier molecular flexibility index (Phi) is 3.68. The fourth-order valence-electron chi connectivity index (χ4n) is 3.59. The first-order valence-electron chi connectivity index (χ1n) is 8.12. The first-order chi connectivity index (χ1) is 9.93. The molecule has 1 aromatic carbocycles. The summed E-state index contributed by atoms with van der Waals surface area (Å²) >= 11 is 0. The van der Waals surface area contributed by atoms with Crippen LogP contribution in [0.3, 0.4) is 0 Å². The molecule has 1 heterocycles. The molecular formula is C18H27N3. The van der Waals surface area contributed by atoms with Crippen molar-refractivity contribution in [3.63, 3.8) is 0 Å². The van der Waals surface area contributed by atoms with E-state index in [4.69, 9.17) is 0 Å². The van der Waals surface area contributed by atoms with Gasteiger partial charge in [0.25, 0.3) is 0 Å². The average Bonchev–Trinajstić information content (AvgIpc) is 2.80. The van der Waals surface area contributed by atoms with Gasteiger partial charge in [-0.2, -0.15) is 5.10 Å².